The number of anilines is 2. The van der Waals surface area contributed by atoms with E-state index in [1.165, 1.54) is 0 Å². The Labute approximate surface area is 219 Å². The highest BCUT2D eigenvalue weighted by Gasteiger charge is 2.29. The van der Waals surface area contributed by atoms with Crippen LogP contribution in [-0.2, 0) is 16.1 Å². The van der Waals surface area contributed by atoms with Gasteiger partial charge in [-0.2, -0.15) is 9.61 Å². The van der Waals surface area contributed by atoms with Crippen LogP contribution in [0.1, 0.15) is 44.6 Å². The molecule has 0 N–H and O–H groups in total. The van der Waals surface area contributed by atoms with Crippen molar-refractivity contribution in [1.29, 1.82) is 0 Å². The predicted octanol–water partition coefficient (Wildman–Crippen LogP) is 4.11. The third-order valence-electron chi connectivity index (χ3n) is 5.90. The van der Waals surface area contributed by atoms with Gasteiger partial charge in [-0.3, -0.25) is 14.7 Å². The summed E-state index contributed by atoms with van der Waals surface area (Å²) in [6, 6.07) is 5.70. The number of hydrogen-bond acceptors (Lipinski definition) is 7. The van der Waals surface area contributed by atoms with Crippen molar-refractivity contribution in [2.45, 2.75) is 53.7 Å². The maximum Gasteiger partial charge on any atom is 0.416 e. The van der Waals surface area contributed by atoms with Crippen molar-refractivity contribution in [3.8, 4) is 0 Å². The van der Waals surface area contributed by atoms with Crippen molar-refractivity contribution in [3.63, 3.8) is 0 Å². The number of halogens is 1. The number of carbonyl (C=O) groups is 2. The Kier molecular flexibility index (Phi) is 7.21. The van der Waals surface area contributed by atoms with Gasteiger partial charge in [-0.05, 0) is 68.2 Å². The molecule has 0 unspecified atom stereocenters. The standard InChI is InChI=1S/C25H32BrN7O3/c1-16-13-19(7-8-27-16)15-32(24(35)36-25(4,5)6)21-14-20(28-23-22(26)17(2)29-33(21)23)31-11-9-30(10-12-31)18(3)34/h7-8,13-14H,9-12,15H2,1-6H3. The lowest BCUT2D eigenvalue weighted by Crippen LogP contribution is -2.48. The van der Waals surface area contributed by atoms with E-state index in [1.54, 1.807) is 22.5 Å². The SMILES string of the molecule is CC(=O)N1CCN(c2cc(N(Cc3ccnc(C)c3)C(=O)OC(C)(C)C)n3nc(C)c(Br)c3n2)CC1. The summed E-state index contributed by atoms with van der Waals surface area (Å²) in [6.45, 7) is 13.7. The van der Waals surface area contributed by atoms with E-state index in [0.717, 1.165) is 21.4 Å². The smallest absolute Gasteiger partial charge is 0.416 e. The Morgan fingerprint density at radius 1 is 1.14 bits per heavy atom. The number of rotatable bonds is 4. The van der Waals surface area contributed by atoms with Gasteiger partial charge in [0.05, 0.1) is 16.7 Å². The molecule has 0 bridgehead atoms. The molecule has 36 heavy (non-hydrogen) atoms. The van der Waals surface area contributed by atoms with Crippen LogP contribution in [0, 0.1) is 13.8 Å². The van der Waals surface area contributed by atoms with Crippen molar-refractivity contribution in [1.82, 2.24) is 24.5 Å². The zero-order chi connectivity index (χ0) is 26.2. The fourth-order valence-corrected chi connectivity index (χ4v) is 4.45. The fraction of sp³-hybridized carbons (Fsp3) is 0.480. The minimum absolute atomic E-state index is 0.0663. The van der Waals surface area contributed by atoms with E-state index in [0.29, 0.717) is 43.5 Å². The minimum atomic E-state index is -0.678. The number of piperazine rings is 1. The number of carbonyl (C=O) groups excluding carboxylic acids is 2. The number of fused-ring (bicyclic) bond motifs is 1. The average Bonchev–Trinajstić information content (AvgIpc) is 3.09. The molecule has 1 saturated heterocycles. The van der Waals surface area contributed by atoms with Crippen LogP contribution in [0.3, 0.4) is 0 Å². The van der Waals surface area contributed by atoms with E-state index in [1.807, 2.05) is 57.7 Å². The summed E-state index contributed by atoms with van der Waals surface area (Å²) in [7, 11) is 0. The summed E-state index contributed by atoms with van der Waals surface area (Å²) in [5.41, 5.74) is 2.46. The van der Waals surface area contributed by atoms with Crippen LogP contribution >= 0.6 is 15.9 Å². The number of nitrogens with zero attached hydrogens (tertiary/aromatic N) is 7. The molecule has 11 heteroatoms. The van der Waals surface area contributed by atoms with Crippen LogP contribution in [0.15, 0.2) is 28.9 Å². The Morgan fingerprint density at radius 2 is 1.83 bits per heavy atom. The zero-order valence-electron chi connectivity index (χ0n) is 21.6. The average molecular weight is 558 g/mol. The van der Waals surface area contributed by atoms with Crippen LogP contribution in [0.5, 0.6) is 0 Å². The molecule has 0 aromatic carbocycles. The highest BCUT2D eigenvalue weighted by Crippen LogP contribution is 2.31. The van der Waals surface area contributed by atoms with Crippen LogP contribution in [-0.4, -0.2) is 68.3 Å². The third kappa shape index (κ3) is 5.61. The molecular formula is C25H32BrN7O3. The summed E-state index contributed by atoms with van der Waals surface area (Å²) < 4.78 is 8.24. The largest absolute Gasteiger partial charge is 0.443 e. The normalized spacial score (nSPS) is 14.3. The highest BCUT2D eigenvalue weighted by molar-refractivity contribution is 9.10. The first kappa shape index (κ1) is 25.9. The van der Waals surface area contributed by atoms with Crippen molar-refractivity contribution in [2.24, 2.45) is 0 Å². The fourth-order valence-electron chi connectivity index (χ4n) is 4.12. The third-order valence-corrected chi connectivity index (χ3v) is 6.83. The Hall–Kier alpha value is -3.21. The van der Waals surface area contributed by atoms with Gasteiger partial charge in [-0.1, -0.05) is 0 Å². The molecule has 0 aliphatic carbocycles. The molecule has 10 nitrogen and oxygen atoms in total. The van der Waals surface area contributed by atoms with E-state index in [4.69, 9.17) is 9.72 Å². The molecule has 3 aromatic heterocycles. The number of hydrogen-bond donors (Lipinski definition) is 0. The van der Waals surface area contributed by atoms with E-state index in [-0.39, 0.29) is 12.5 Å². The number of ether oxygens (including phenoxy) is 1. The Balaban J connectivity index is 1.81. The van der Waals surface area contributed by atoms with Gasteiger partial charge in [0.1, 0.15) is 17.2 Å². The lowest BCUT2D eigenvalue weighted by molar-refractivity contribution is -0.129. The summed E-state index contributed by atoms with van der Waals surface area (Å²) in [4.78, 5) is 40.0. The topological polar surface area (TPSA) is 96.2 Å². The van der Waals surface area contributed by atoms with Crippen molar-refractivity contribution >= 4 is 45.2 Å². The van der Waals surface area contributed by atoms with E-state index >= 15 is 0 Å². The molecule has 0 spiro atoms. The molecule has 192 valence electrons. The van der Waals surface area contributed by atoms with Gasteiger partial charge in [-0.15, -0.1) is 0 Å². The van der Waals surface area contributed by atoms with Gasteiger partial charge in [0.2, 0.25) is 5.91 Å². The second-order valence-electron chi connectivity index (χ2n) is 9.97. The summed E-state index contributed by atoms with van der Waals surface area (Å²) in [5, 5.41) is 4.67. The van der Waals surface area contributed by atoms with Crippen LogP contribution in [0.4, 0.5) is 16.4 Å². The summed E-state index contributed by atoms with van der Waals surface area (Å²) in [5.74, 6) is 1.32. The van der Waals surface area contributed by atoms with Gasteiger partial charge < -0.3 is 14.5 Å². The lowest BCUT2D eigenvalue weighted by atomic mass is 10.2. The molecule has 3 aromatic rings. The molecule has 0 atom stereocenters. The number of pyridine rings is 1. The van der Waals surface area contributed by atoms with Gasteiger partial charge in [-0.25, -0.2) is 9.78 Å². The van der Waals surface area contributed by atoms with Crippen molar-refractivity contribution in [2.75, 3.05) is 36.0 Å². The summed E-state index contributed by atoms with van der Waals surface area (Å²) in [6.07, 6.45) is 1.25. The van der Waals surface area contributed by atoms with Crippen molar-refractivity contribution in [3.05, 3.63) is 45.8 Å². The maximum atomic E-state index is 13.5. The molecule has 1 aliphatic rings. The molecule has 0 saturated carbocycles. The maximum absolute atomic E-state index is 13.5. The number of amides is 2. The molecule has 1 aliphatic heterocycles. The van der Waals surface area contributed by atoms with Crippen LogP contribution in [0.25, 0.3) is 5.65 Å². The number of aromatic nitrogens is 4. The van der Waals surface area contributed by atoms with E-state index in [2.05, 4.69) is 30.9 Å². The summed E-state index contributed by atoms with van der Waals surface area (Å²) >= 11 is 3.62. The van der Waals surface area contributed by atoms with Gasteiger partial charge in [0, 0.05) is 51.1 Å². The minimum Gasteiger partial charge on any atom is -0.443 e. The van der Waals surface area contributed by atoms with E-state index < -0.39 is 11.7 Å². The molecule has 0 radical (unpaired) electrons. The quantitative estimate of drug-likeness (QED) is 0.476. The van der Waals surface area contributed by atoms with Crippen LogP contribution < -0.4 is 9.80 Å². The molecule has 4 heterocycles. The molecule has 1 fully saturated rings. The zero-order valence-corrected chi connectivity index (χ0v) is 23.2. The lowest BCUT2D eigenvalue weighted by Gasteiger charge is -2.35. The second kappa shape index (κ2) is 10.0. The van der Waals surface area contributed by atoms with Gasteiger partial charge in [0.25, 0.3) is 0 Å². The molecule has 4 rings (SSSR count). The predicted molar refractivity (Wildman–Crippen MR) is 141 cm³/mol. The molecule has 2 amide bonds. The monoisotopic (exact) mass is 557 g/mol. The second-order valence-corrected chi connectivity index (χ2v) is 10.8. The first-order valence-electron chi connectivity index (χ1n) is 11.9. The first-order chi connectivity index (χ1) is 16.9. The number of aryl methyl sites for hydroxylation is 2. The van der Waals surface area contributed by atoms with Gasteiger partial charge in [0.15, 0.2) is 5.65 Å². The van der Waals surface area contributed by atoms with Gasteiger partial charge >= 0.3 is 6.09 Å². The highest BCUT2D eigenvalue weighted by atomic mass is 79.9. The Morgan fingerprint density at radius 3 is 2.44 bits per heavy atom. The van der Waals surface area contributed by atoms with Crippen LogP contribution in [0.2, 0.25) is 0 Å². The first-order valence-corrected chi connectivity index (χ1v) is 12.7. The Bertz CT molecular complexity index is 1290. The van der Waals surface area contributed by atoms with Crippen molar-refractivity contribution < 1.29 is 14.3 Å². The molecular weight excluding hydrogens is 526 g/mol. The van der Waals surface area contributed by atoms with E-state index in [9.17, 15) is 9.59 Å².